The van der Waals surface area contributed by atoms with Crippen molar-refractivity contribution in [3.63, 3.8) is 0 Å². The molecule has 1 heterocycles. The number of fused-ring (bicyclic) bond motifs is 1. The van der Waals surface area contributed by atoms with Crippen LogP contribution in [0.25, 0.3) is 0 Å². The lowest BCUT2D eigenvalue weighted by Crippen LogP contribution is -2.55. The zero-order valence-corrected chi connectivity index (χ0v) is 19.0. The normalized spacial score (nSPS) is 19.1. The molecule has 0 aromatic heterocycles. The first-order valence-electron chi connectivity index (χ1n) is 10.8. The number of amides is 2. The number of nitrogens with zero attached hydrogens (tertiary/aromatic N) is 3. The summed E-state index contributed by atoms with van der Waals surface area (Å²) in [5.74, 6) is -0.129. The van der Waals surface area contributed by atoms with Gasteiger partial charge in [-0.1, -0.05) is 35.3 Å². The molecule has 7 heteroatoms. The molecule has 0 radical (unpaired) electrons. The van der Waals surface area contributed by atoms with Crippen LogP contribution in [-0.2, 0) is 16.1 Å². The molecule has 0 saturated heterocycles. The molecule has 5 rings (SSSR count). The molecule has 2 aliphatic carbocycles. The van der Waals surface area contributed by atoms with Crippen molar-refractivity contribution in [1.82, 2.24) is 4.90 Å². The summed E-state index contributed by atoms with van der Waals surface area (Å²) in [6.07, 6.45) is 3.75. The summed E-state index contributed by atoms with van der Waals surface area (Å²) in [5, 5.41) is 1.10. The summed E-state index contributed by atoms with van der Waals surface area (Å²) >= 11 is 12.5. The first kappa shape index (κ1) is 20.7. The summed E-state index contributed by atoms with van der Waals surface area (Å²) in [4.78, 5) is 32.6. The number of halogens is 2. The Bertz CT molecular complexity index is 1050. The van der Waals surface area contributed by atoms with Crippen molar-refractivity contribution in [3.8, 4) is 0 Å². The van der Waals surface area contributed by atoms with Crippen LogP contribution in [0.5, 0.6) is 0 Å². The molecular formula is C24H25Cl2N3O2. The standard InChI is InChI=1S/C24H25Cl2N3O2/c1-16(30)29(15-17-14-18(25)6-9-20(17)26)24(10-11-24)23(31)28-13-12-27(19-7-8-19)21-4-2-3-5-22(21)28/h2-6,9,14,19H,7-8,10-13,15H2,1H3. The molecule has 2 fully saturated rings. The molecule has 0 atom stereocenters. The lowest BCUT2D eigenvalue weighted by atomic mass is 10.1. The molecule has 0 spiro atoms. The zero-order chi connectivity index (χ0) is 21.8. The maximum absolute atomic E-state index is 13.9. The Morgan fingerprint density at radius 1 is 1.06 bits per heavy atom. The smallest absolute Gasteiger partial charge is 0.253 e. The summed E-state index contributed by atoms with van der Waals surface area (Å²) in [7, 11) is 0. The summed E-state index contributed by atoms with van der Waals surface area (Å²) in [6.45, 7) is 3.25. The second-order valence-corrected chi connectivity index (χ2v) is 9.59. The van der Waals surface area contributed by atoms with Crippen LogP contribution in [0.1, 0.15) is 38.2 Å². The van der Waals surface area contributed by atoms with Crippen LogP contribution in [0.4, 0.5) is 11.4 Å². The maximum atomic E-state index is 13.9. The Morgan fingerprint density at radius 2 is 1.77 bits per heavy atom. The van der Waals surface area contributed by atoms with Gasteiger partial charge in [0.2, 0.25) is 5.91 Å². The Balaban J connectivity index is 1.45. The molecule has 5 nitrogen and oxygen atoms in total. The lowest BCUT2D eigenvalue weighted by Gasteiger charge is -2.41. The van der Waals surface area contributed by atoms with Crippen LogP contribution in [0, 0.1) is 0 Å². The topological polar surface area (TPSA) is 43.9 Å². The number of carbonyl (C=O) groups excluding carboxylic acids is 2. The molecule has 1 aliphatic heterocycles. The fourth-order valence-electron chi connectivity index (χ4n) is 4.73. The Labute approximate surface area is 192 Å². The van der Waals surface area contributed by atoms with Crippen molar-refractivity contribution in [2.75, 3.05) is 22.9 Å². The molecule has 2 amide bonds. The van der Waals surface area contributed by atoms with Crippen molar-refractivity contribution >= 4 is 46.4 Å². The van der Waals surface area contributed by atoms with Crippen LogP contribution in [0.3, 0.4) is 0 Å². The van der Waals surface area contributed by atoms with E-state index in [2.05, 4.69) is 11.0 Å². The largest absolute Gasteiger partial charge is 0.365 e. The molecule has 162 valence electrons. The molecule has 0 bridgehead atoms. The van der Waals surface area contributed by atoms with Crippen molar-refractivity contribution in [2.24, 2.45) is 0 Å². The van der Waals surface area contributed by atoms with Gasteiger partial charge in [-0.05, 0) is 61.6 Å². The summed E-state index contributed by atoms with van der Waals surface area (Å²) in [5.41, 5.74) is 2.00. The molecular weight excluding hydrogens is 433 g/mol. The van der Waals surface area contributed by atoms with Gasteiger partial charge in [0.15, 0.2) is 0 Å². The van der Waals surface area contributed by atoms with Crippen molar-refractivity contribution in [3.05, 3.63) is 58.1 Å². The third-order valence-electron chi connectivity index (χ3n) is 6.63. The molecule has 0 unspecified atom stereocenters. The van der Waals surface area contributed by atoms with E-state index in [1.165, 1.54) is 19.8 Å². The molecule has 2 saturated carbocycles. The molecule has 2 aromatic rings. The highest BCUT2D eigenvalue weighted by Crippen LogP contribution is 2.48. The number of anilines is 2. The minimum absolute atomic E-state index is 0.00347. The fourth-order valence-corrected chi connectivity index (χ4v) is 5.10. The monoisotopic (exact) mass is 457 g/mol. The number of rotatable bonds is 5. The molecule has 3 aliphatic rings. The van der Waals surface area contributed by atoms with E-state index in [9.17, 15) is 9.59 Å². The van der Waals surface area contributed by atoms with Gasteiger partial charge in [-0.15, -0.1) is 0 Å². The SMILES string of the molecule is CC(=O)N(Cc1cc(Cl)ccc1Cl)C1(C(=O)N2CCN(C3CC3)c3ccccc32)CC1. The average Bonchev–Trinajstić information content (AvgIpc) is 3.67. The predicted octanol–water partition coefficient (Wildman–Crippen LogP) is 4.89. The highest BCUT2D eigenvalue weighted by Gasteiger charge is 2.58. The van der Waals surface area contributed by atoms with Gasteiger partial charge in [0, 0.05) is 42.6 Å². The van der Waals surface area contributed by atoms with Gasteiger partial charge < -0.3 is 14.7 Å². The third kappa shape index (κ3) is 3.68. The predicted molar refractivity (Wildman–Crippen MR) is 124 cm³/mol. The van der Waals surface area contributed by atoms with E-state index in [4.69, 9.17) is 23.2 Å². The highest BCUT2D eigenvalue weighted by atomic mass is 35.5. The van der Waals surface area contributed by atoms with Gasteiger partial charge >= 0.3 is 0 Å². The van der Waals surface area contributed by atoms with Gasteiger partial charge in [0.1, 0.15) is 5.54 Å². The van der Waals surface area contributed by atoms with Crippen molar-refractivity contribution in [1.29, 1.82) is 0 Å². The van der Waals surface area contributed by atoms with Gasteiger partial charge in [-0.2, -0.15) is 0 Å². The second kappa shape index (κ2) is 7.72. The lowest BCUT2D eigenvalue weighted by molar-refractivity contribution is -0.140. The van der Waals surface area contributed by atoms with E-state index in [1.807, 2.05) is 23.1 Å². The number of para-hydroxylation sites is 2. The number of carbonyl (C=O) groups is 2. The minimum Gasteiger partial charge on any atom is -0.365 e. The van der Waals surface area contributed by atoms with E-state index in [0.29, 0.717) is 35.5 Å². The van der Waals surface area contributed by atoms with Gasteiger partial charge in [-0.25, -0.2) is 0 Å². The number of hydrogen-bond donors (Lipinski definition) is 0. The maximum Gasteiger partial charge on any atom is 0.253 e. The Kier molecular flexibility index (Phi) is 5.14. The van der Waals surface area contributed by atoms with Crippen LogP contribution in [-0.4, -0.2) is 41.4 Å². The first-order chi connectivity index (χ1) is 14.9. The fraction of sp³-hybridized carbons (Fsp3) is 0.417. The molecule has 31 heavy (non-hydrogen) atoms. The first-order valence-corrected chi connectivity index (χ1v) is 11.6. The van der Waals surface area contributed by atoms with E-state index in [-0.39, 0.29) is 18.4 Å². The number of hydrogen-bond acceptors (Lipinski definition) is 3. The van der Waals surface area contributed by atoms with E-state index in [1.54, 1.807) is 23.1 Å². The number of benzene rings is 2. The zero-order valence-electron chi connectivity index (χ0n) is 17.5. The van der Waals surface area contributed by atoms with Gasteiger partial charge in [0.25, 0.3) is 5.91 Å². The second-order valence-electron chi connectivity index (χ2n) is 8.74. The third-order valence-corrected chi connectivity index (χ3v) is 7.24. The summed E-state index contributed by atoms with van der Waals surface area (Å²) in [6, 6.07) is 13.9. The van der Waals surface area contributed by atoms with Crippen LogP contribution in [0.2, 0.25) is 10.0 Å². The van der Waals surface area contributed by atoms with E-state index < -0.39 is 5.54 Å². The van der Waals surface area contributed by atoms with Gasteiger partial charge in [0.05, 0.1) is 11.4 Å². The average molecular weight is 458 g/mol. The molecule has 0 N–H and O–H groups in total. The van der Waals surface area contributed by atoms with Crippen LogP contribution in [0.15, 0.2) is 42.5 Å². The summed E-state index contributed by atoms with van der Waals surface area (Å²) < 4.78 is 0. The van der Waals surface area contributed by atoms with Gasteiger partial charge in [-0.3, -0.25) is 9.59 Å². The minimum atomic E-state index is -0.813. The Morgan fingerprint density at radius 3 is 2.42 bits per heavy atom. The van der Waals surface area contributed by atoms with E-state index in [0.717, 1.165) is 23.5 Å². The van der Waals surface area contributed by atoms with Crippen LogP contribution < -0.4 is 9.80 Å². The van der Waals surface area contributed by atoms with Crippen LogP contribution >= 0.6 is 23.2 Å². The van der Waals surface area contributed by atoms with Crippen molar-refractivity contribution in [2.45, 2.75) is 50.7 Å². The highest BCUT2D eigenvalue weighted by molar-refractivity contribution is 6.33. The Hall–Kier alpha value is -2.24. The van der Waals surface area contributed by atoms with Crippen molar-refractivity contribution < 1.29 is 9.59 Å². The van der Waals surface area contributed by atoms with E-state index >= 15 is 0 Å². The quantitative estimate of drug-likeness (QED) is 0.641. The molecule has 2 aromatic carbocycles.